The Morgan fingerprint density at radius 1 is 0.947 bits per heavy atom. The fourth-order valence-electron chi connectivity index (χ4n) is 1.91. The summed E-state index contributed by atoms with van der Waals surface area (Å²) in [5, 5.41) is 0. The lowest BCUT2D eigenvalue weighted by molar-refractivity contribution is 0.258. The van der Waals surface area contributed by atoms with E-state index in [2.05, 4.69) is 29.7 Å². The molecular weight excluding hydrogens is 236 g/mol. The molecule has 0 fully saturated rings. The normalized spacial score (nSPS) is 12.1. The highest BCUT2D eigenvalue weighted by Crippen LogP contribution is 2.10. The van der Waals surface area contributed by atoms with Gasteiger partial charge in [-0.1, -0.05) is 48.5 Å². The van der Waals surface area contributed by atoms with Crippen molar-refractivity contribution in [1.29, 1.82) is 0 Å². The number of hydrazine groups is 1. The largest absolute Gasteiger partial charge is 0.492 e. The fraction of sp³-hybridized carbons (Fsp3) is 0.250. The number of nitrogens with two attached hydrogens (primary N) is 1. The summed E-state index contributed by atoms with van der Waals surface area (Å²) in [7, 11) is 0. The first kappa shape index (κ1) is 13.6. The lowest BCUT2D eigenvalue weighted by Crippen LogP contribution is -2.39. The summed E-state index contributed by atoms with van der Waals surface area (Å²) in [5.41, 5.74) is 4.14. The molecule has 3 heteroatoms. The molecule has 100 valence electrons. The van der Waals surface area contributed by atoms with Crippen molar-refractivity contribution in [1.82, 2.24) is 5.43 Å². The lowest BCUT2D eigenvalue weighted by atomic mass is 10.1. The molecule has 1 atom stereocenters. The topological polar surface area (TPSA) is 47.3 Å². The van der Waals surface area contributed by atoms with E-state index in [1.807, 2.05) is 36.4 Å². The minimum atomic E-state index is 0.153. The Balaban J connectivity index is 1.77. The van der Waals surface area contributed by atoms with Gasteiger partial charge in [0, 0.05) is 0 Å². The van der Waals surface area contributed by atoms with Crippen molar-refractivity contribution in [3.8, 4) is 5.75 Å². The number of hydrogen-bond acceptors (Lipinski definition) is 3. The Morgan fingerprint density at radius 2 is 1.58 bits per heavy atom. The molecule has 0 radical (unpaired) electrons. The molecule has 2 aromatic rings. The maximum atomic E-state index is 5.70. The zero-order valence-corrected chi connectivity index (χ0v) is 11.0. The standard InChI is InChI=1S/C16H20N2O/c17-18-15(12-11-14-7-3-1-4-8-14)13-19-16-9-5-2-6-10-16/h1-10,15,18H,11-13,17H2. The molecule has 0 saturated carbocycles. The first-order chi connectivity index (χ1) is 9.38. The second-order valence-electron chi connectivity index (χ2n) is 4.51. The Hall–Kier alpha value is -1.84. The monoisotopic (exact) mass is 256 g/mol. The van der Waals surface area contributed by atoms with Gasteiger partial charge in [0.05, 0.1) is 6.04 Å². The summed E-state index contributed by atoms with van der Waals surface area (Å²) in [6.45, 7) is 0.577. The zero-order chi connectivity index (χ0) is 13.3. The molecule has 0 aliphatic heterocycles. The van der Waals surface area contributed by atoms with Crippen LogP contribution in [0.4, 0.5) is 0 Å². The summed E-state index contributed by atoms with van der Waals surface area (Å²) >= 11 is 0. The molecular formula is C16H20N2O. The predicted octanol–water partition coefficient (Wildman–Crippen LogP) is 2.53. The van der Waals surface area contributed by atoms with Gasteiger partial charge in [-0.2, -0.15) is 0 Å². The smallest absolute Gasteiger partial charge is 0.119 e. The highest BCUT2D eigenvalue weighted by atomic mass is 16.5. The molecule has 1 unspecified atom stereocenters. The van der Waals surface area contributed by atoms with Gasteiger partial charge >= 0.3 is 0 Å². The second-order valence-corrected chi connectivity index (χ2v) is 4.51. The van der Waals surface area contributed by atoms with Crippen molar-refractivity contribution in [2.24, 2.45) is 5.84 Å². The summed E-state index contributed by atoms with van der Waals surface area (Å²) in [6.07, 6.45) is 1.95. The van der Waals surface area contributed by atoms with Crippen LogP contribution in [0.2, 0.25) is 0 Å². The van der Waals surface area contributed by atoms with Crippen LogP contribution in [0.3, 0.4) is 0 Å². The number of rotatable bonds is 7. The first-order valence-electron chi connectivity index (χ1n) is 6.56. The number of aryl methyl sites for hydroxylation is 1. The van der Waals surface area contributed by atoms with Gasteiger partial charge in [-0.3, -0.25) is 11.3 Å². The van der Waals surface area contributed by atoms with Crippen LogP contribution in [0.25, 0.3) is 0 Å². The van der Waals surface area contributed by atoms with Crippen molar-refractivity contribution in [2.45, 2.75) is 18.9 Å². The molecule has 3 nitrogen and oxygen atoms in total. The minimum absolute atomic E-state index is 0.153. The number of ether oxygens (including phenoxy) is 1. The molecule has 0 aliphatic rings. The maximum absolute atomic E-state index is 5.70. The van der Waals surface area contributed by atoms with Gasteiger partial charge in [-0.25, -0.2) is 0 Å². The van der Waals surface area contributed by atoms with Crippen molar-refractivity contribution in [3.05, 3.63) is 66.2 Å². The van der Waals surface area contributed by atoms with Crippen molar-refractivity contribution in [2.75, 3.05) is 6.61 Å². The summed E-state index contributed by atoms with van der Waals surface area (Å²) in [6, 6.07) is 20.4. The van der Waals surface area contributed by atoms with E-state index in [0.29, 0.717) is 6.61 Å². The molecule has 0 heterocycles. The molecule has 3 N–H and O–H groups in total. The first-order valence-corrected chi connectivity index (χ1v) is 6.56. The second kappa shape index (κ2) is 7.56. The Kier molecular flexibility index (Phi) is 5.41. The van der Waals surface area contributed by atoms with Gasteiger partial charge < -0.3 is 4.74 Å². The van der Waals surface area contributed by atoms with Crippen molar-refractivity contribution in [3.63, 3.8) is 0 Å². The van der Waals surface area contributed by atoms with Crippen LogP contribution in [-0.2, 0) is 6.42 Å². The molecule has 0 spiro atoms. The van der Waals surface area contributed by atoms with E-state index in [4.69, 9.17) is 10.6 Å². The van der Waals surface area contributed by atoms with Crippen LogP contribution in [0.15, 0.2) is 60.7 Å². The third kappa shape index (κ3) is 4.73. The van der Waals surface area contributed by atoms with E-state index >= 15 is 0 Å². The predicted molar refractivity (Wildman–Crippen MR) is 77.8 cm³/mol. The van der Waals surface area contributed by atoms with Gasteiger partial charge in [0.15, 0.2) is 0 Å². The van der Waals surface area contributed by atoms with E-state index in [0.717, 1.165) is 18.6 Å². The SMILES string of the molecule is NNC(CCc1ccccc1)COc1ccccc1. The zero-order valence-electron chi connectivity index (χ0n) is 11.0. The van der Waals surface area contributed by atoms with E-state index < -0.39 is 0 Å². The Bertz CT molecular complexity index is 415. The summed E-state index contributed by atoms with van der Waals surface area (Å²) < 4.78 is 5.70. The van der Waals surface area contributed by atoms with Gasteiger partial charge in [-0.05, 0) is 30.5 Å². The van der Waals surface area contributed by atoms with Crippen LogP contribution in [0.1, 0.15) is 12.0 Å². The van der Waals surface area contributed by atoms with Crippen LogP contribution in [0, 0.1) is 0 Å². The molecule has 2 rings (SSSR count). The van der Waals surface area contributed by atoms with Crippen LogP contribution < -0.4 is 16.0 Å². The van der Waals surface area contributed by atoms with Gasteiger partial charge in [-0.15, -0.1) is 0 Å². The molecule has 0 amide bonds. The molecule has 0 aromatic heterocycles. The highest BCUT2D eigenvalue weighted by molar-refractivity contribution is 5.21. The third-order valence-electron chi connectivity index (χ3n) is 3.05. The maximum Gasteiger partial charge on any atom is 0.119 e. The van der Waals surface area contributed by atoms with E-state index in [1.54, 1.807) is 0 Å². The Labute approximate surface area is 114 Å². The van der Waals surface area contributed by atoms with Crippen molar-refractivity contribution < 1.29 is 4.74 Å². The quantitative estimate of drug-likeness (QED) is 0.591. The molecule has 2 aromatic carbocycles. The number of para-hydroxylation sites is 1. The van der Waals surface area contributed by atoms with E-state index in [1.165, 1.54) is 5.56 Å². The van der Waals surface area contributed by atoms with Gasteiger partial charge in [0.25, 0.3) is 0 Å². The Morgan fingerprint density at radius 3 is 2.21 bits per heavy atom. The van der Waals surface area contributed by atoms with E-state index in [9.17, 15) is 0 Å². The molecule has 19 heavy (non-hydrogen) atoms. The minimum Gasteiger partial charge on any atom is -0.492 e. The number of hydrogen-bond donors (Lipinski definition) is 2. The molecule has 0 saturated heterocycles. The highest BCUT2D eigenvalue weighted by Gasteiger charge is 2.07. The van der Waals surface area contributed by atoms with Crippen LogP contribution in [0.5, 0.6) is 5.75 Å². The average molecular weight is 256 g/mol. The van der Waals surface area contributed by atoms with Gasteiger partial charge in [0.1, 0.15) is 12.4 Å². The summed E-state index contributed by atoms with van der Waals surface area (Å²) in [5.74, 6) is 6.45. The van der Waals surface area contributed by atoms with Crippen LogP contribution in [-0.4, -0.2) is 12.6 Å². The fourth-order valence-corrected chi connectivity index (χ4v) is 1.91. The molecule has 0 bridgehead atoms. The molecule has 0 aliphatic carbocycles. The number of nitrogens with one attached hydrogen (secondary N) is 1. The van der Waals surface area contributed by atoms with E-state index in [-0.39, 0.29) is 6.04 Å². The summed E-state index contributed by atoms with van der Waals surface area (Å²) in [4.78, 5) is 0. The average Bonchev–Trinajstić information content (AvgIpc) is 2.49. The van der Waals surface area contributed by atoms with Crippen molar-refractivity contribution >= 4 is 0 Å². The van der Waals surface area contributed by atoms with Gasteiger partial charge in [0.2, 0.25) is 0 Å². The number of benzene rings is 2. The lowest BCUT2D eigenvalue weighted by Gasteiger charge is -2.16. The third-order valence-corrected chi connectivity index (χ3v) is 3.05. The van der Waals surface area contributed by atoms with Crippen LogP contribution >= 0.6 is 0 Å².